The minimum absolute atomic E-state index is 0.00581. The third-order valence-electron chi connectivity index (χ3n) is 3.72. The number of benzene rings is 1. The number of hydrogen-bond donors (Lipinski definition) is 0. The van der Waals surface area contributed by atoms with E-state index in [-0.39, 0.29) is 11.0 Å². The van der Waals surface area contributed by atoms with Crippen LogP contribution >= 0.6 is 43.5 Å². The molecule has 0 saturated carbocycles. The number of ether oxygens (including phenoxy) is 1. The highest BCUT2D eigenvalue weighted by Gasteiger charge is 2.34. The quantitative estimate of drug-likeness (QED) is 0.532. The predicted molar refractivity (Wildman–Crippen MR) is 91.0 cm³/mol. The van der Waals surface area contributed by atoms with Crippen LogP contribution in [-0.2, 0) is 10.2 Å². The highest BCUT2D eigenvalue weighted by Crippen LogP contribution is 2.39. The van der Waals surface area contributed by atoms with Gasteiger partial charge in [-0.15, -0.1) is 0 Å². The summed E-state index contributed by atoms with van der Waals surface area (Å²) < 4.78 is 5.52. The zero-order valence-corrected chi connectivity index (χ0v) is 15.6. The van der Waals surface area contributed by atoms with Crippen LogP contribution < -0.4 is 0 Å². The second kappa shape index (κ2) is 7.44. The van der Waals surface area contributed by atoms with Gasteiger partial charge in [0, 0.05) is 28.2 Å². The average molecular weight is 413 g/mol. The maximum Gasteiger partial charge on any atom is 0.0623 e. The number of halogens is 3. The van der Waals surface area contributed by atoms with Crippen molar-refractivity contribution in [2.24, 2.45) is 0 Å². The molecule has 0 heterocycles. The van der Waals surface area contributed by atoms with E-state index in [9.17, 15) is 0 Å². The van der Waals surface area contributed by atoms with E-state index in [0.29, 0.717) is 0 Å². The molecule has 1 nitrogen and oxygen atoms in total. The molecule has 0 spiro atoms. The van der Waals surface area contributed by atoms with Crippen LogP contribution in [0.15, 0.2) is 24.3 Å². The van der Waals surface area contributed by atoms with Gasteiger partial charge >= 0.3 is 0 Å². The fraction of sp³-hybridized carbons (Fsp3) is 0.600. The Labute approximate surface area is 138 Å². The summed E-state index contributed by atoms with van der Waals surface area (Å²) in [5.74, 6) is 0. The average Bonchev–Trinajstić information content (AvgIpc) is 2.42. The van der Waals surface area contributed by atoms with Gasteiger partial charge in [-0.2, -0.15) is 0 Å². The Morgan fingerprint density at radius 2 is 1.68 bits per heavy atom. The Morgan fingerprint density at radius 1 is 1.11 bits per heavy atom. The van der Waals surface area contributed by atoms with Gasteiger partial charge in [0.2, 0.25) is 0 Å². The van der Waals surface area contributed by atoms with Crippen LogP contribution in [0.25, 0.3) is 0 Å². The minimum Gasteiger partial charge on any atom is -0.379 e. The van der Waals surface area contributed by atoms with Crippen LogP contribution in [0, 0.1) is 0 Å². The van der Waals surface area contributed by atoms with E-state index in [4.69, 9.17) is 16.3 Å². The molecule has 0 saturated heterocycles. The van der Waals surface area contributed by atoms with E-state index in [1.165, 1.54) is 5.56 Å². The molecule has 0 atom stereocenters. The number of methoxy groups -OCH3 is 1. The second-order valence-electron chi connectivity index (χ2n) is 5.49. The van der Waals surface area contributed by atoms with Gasteiger partial charge in [-0.1, -0.05) is 61.7 Å². The molecule has 0 aliphatic carbocycles. The summed E-state index contributed by atoms with van der Waals surface area (Å²) >= 11 is 13.7. The highest BCUT2D eigenvalue weighted by molar-refractivity contribution is 9.09. The number of hydrogen-bond acceptors (Lipinski definition) is 1. The molecule has 19 heavy (non-hydrogen) atoms. The maximum atomic E-state index is 6.38. The van der Waals surface area contributed by atoms with Crippen molar-refractivity contribution in [2.45, 2.75) is 37.7 Å². The minimum atomic E-state index is -0.114. The van der Waals surface area contributed by atoms with Gasteiger partial charge < -0.3 is 4.74 Å². The summed E-state index contributed by atoms with van der Waals surface area (Å²) in [6.07, 6.45) is 1.99. The lowest BCUT2D eigenvalue weighted by atomic mass is 9.78. The van der Waals surface area contributed by atoms with Gasteiger partial charge in [0.05, 0.1) is 5.60 Å². The summed E-state index contributed by atoms with van der Waals surface area (Å²) in [6, 6.07) is 8.09. The van der Waals surface area contributed by atoms with Crippen LogP contribution in [0.4, 0.5) is 0 Å². The van der Waals surface area contributed by atoms with Crippen LogP contribution in [0.1, 0.15) is 32.3 Å². The Balaban J connectivity index is 3.01. The molecule has 1 aromatic carbocycles. The number of alkyl halides is 2. The van der Waals surface area contributed by atoms with Crippen molar-refractivity contribution < 1.29 is 4.74 Å². The van der Waals surface area contributed by atoms with Crippen molar-refractivity contribution >= 4 is 43.5 Å². The SMILES string of the molecule is COC(C)(C)CCC(CBr)(CBr)c1ccccc1Cl. The molecular weight excluding hydrogens is 391 g/mol. The summed E-state index contributed by atoms with van der Waals surface area (Å²) in [5, 5.41) is 2.57. The zero-order valence-electron chi connectivity index (χ0n) is 11.7. The van der Waals surface area contributed by atoms with Crippen molar-refractivity contribution in [3.63, 3.8) is 0 Å². The first-order valence-corrected chi connectivity index (χ1v) is 8.95. The topological polar surface area (TPSA) is 9.23 Å². The Hall–Kier alpha value is 0.430. The van der Waals surface area contributed by atoms with Gasteiger partial charge in [-0.05, 0) is 38.3 Å². The van der Waals surface area contributed by atoms with E-state index < -0.39 is 0 Å². The molecule has 0 aliphatic heterocycles. The number of rotatable bonds is 7. The van der Waals surface area contributed by atoms with E-state index in [1.54, 1.807) is 7.11 Å². The van der Waals surface area contributed by atoms with E-state index in [0.717, 1.165) is 28.5 Å². The first-order chi connectivity index (χ1) is 8.90. The lowest BCUT2D eigenvalue weighted by molar-refractivity contribution is 0.0102. The fourth-order valence-electron chi connectivity index (χ4n) is 1.98. The molecule has 108 valence electrons. The van der Waals surface area contributed by atoms with Crippen molar-refractivity contribution in [3.8, 4) is 0 Å². The lowest BCUT2D eigenvalue weighted by Crippen LogP contribution is -2.34. The molecule has 1 aromatic rings. The van der Waals surface area contributed by atoms with Gasteiger partial charge in [0.1, 0.15) is 0 Å². The van der Waals surface area contributed by atoms with Crippen molar-refractivity contribution in [1.82, 2.24) is 0 Å². The van der Waals surface area contributed by atoms with Crippen LogP contribution in [0.2, 0.25) is 5.02 Å². The third-order valence-corrected chi connectivity index (χ3v) is 6.19. The summed E-state index contributed by atoms with van der Waals surface area (Å²) in [7, 11) is 1.76. The molecule has 0 bridgehead atoms. The molecule has 0 unspecified atom stereocenters. The van der Waals surface area contributed by atoms with Crippen LogP contribution in [-0.4, -0.2) is 23.4 Å². The van der Waals surface area contributed by atoms with Gasteiger partial charge in [0.25, 0.3) is 0 Å². The van der Waals surface area contributed by atoms with Crippen LogP contribution in [0.5, 0.6) is 0 Å². The van der Waals surface area contributed by atoms with Gasteiger partial charge in [0.15, 0.2) is 0 Å². The Kier molecular flexibility index (Phi) is 6.85. The smallest absolute Gasteiger partial charge is 0.0623 e. The Bertz CT molecular complexity index is 403. The molecule has 1 rings (SSSR count). The summed E-state index contributed by atoms with van der Waals surface area (Å²) in [5.41, 5.74) is 1.07. The van der Waals surface area contributed by atoms with E-state index >= 15 is 0 Å². The normalized spacial score (nSPS) is 12.7. The van der Waals surface area contributed by atoms with Gasteiger partial charge in [-0.3, -0.25) is 0 Å². The van der Waals surface area contributed by atoms with E-state index in [2.05, 4.69) is 51.8 Å². The molecule has 0 aliphatic rings. The molecular formula is C15H21Br2ClO. The standard InChI is InChI=1S/C15H21Br2ClO/c1-14(2,19-3)8-9-15(10-16,11-17)12-6-4-5-7-13(12)18/h4-7H,8-11H2,1-3H3. The maximum absolute atomic E-state index is 6.38. The Morgan fingerprint density at radius 3 is 2.16 bits per heavy atom. The molecule has 0 fully saturated rings. The van der Waals surface area contributed by atoms with Gasteiger partial charge in [-0.25, -0.2) is 0 Å². The highest BCUT2D eigenvalue weighted by atomic mass is 79.9. The summed E-state index contributed by atoms with van der Waals surface area (Å²) in [6.45, 7) is 4.24. The first kappa shape index (κ1) is 17.5. The molecule has 0 amide bonds. The molecule has 0 aromatic heterocycles. The largest absolute Gasteiger partial charge is 0.379 e. The molecule has 0 N–H and O–H groups in total. The summed E-state index contributed by atoms with van der Waals surface area (Å²) in [4.78, 5) is 0. The zero-order chi connectivity index (χ0) is 14.5. The monoisotopic (exact) mass is 410 g/mol. The molecule has 0 radical (unpaired) electrons. The van der Waals surface area contributed by atoms with Crippen molar-refractivity contribution in [3.05, 3.63) is 34.9 Å². The first-order valence-electron chi connectivity index (χ1n) is 6.33. The predicted octanol–water partition coefficient (Wildman–Crippen LogP) is 5.57. The van der Waals surface area contributed by atoms with Crippen molar-refractivity contribution in [1.29, 1.82) is 0 Å². The fourth-order valence-corrected chi connectivity index (χ4v) is 4.41. The molecule has 4 heteroatoms. The van der Waals surface area contributed by atoms with Crippen LogP contribution in [0.3, 0.4) is 0 Å². The third kappa shape index (κ3) is 4.45. The van der Waals surface area contributed by atoms with E-state index in [1.807, 2.05) is 18.2 Å². The lowest BCUT2D eigenvalue weighted by Gasteiger charge is -2.35. The van der Waals surface area contributed by atoms with Crippen molar-refractivity contribution in [2.75, 3.05) is 17.8 Å². The second-order valence-corrected chi connectivity index (χ2v) is 7.02.